The first-order valence-electron chi connectivity index (χ1n) is 9.96. The number of amides is 1. The number of nitrogens with one attached hydrogen (secondary N) is 2. The molecule has 0 atom stereocenters. The normalized spacial score (nSPS) is 10.4. The van der Waals surface area contributed by atoms with E-state index in [9.17, 15) is 4.79 Å². The zero-order chi connectivity index (χ0) is 22.3. The van der Waals surface area contributed by atoms with Crippen LogP contribution in [0.25, 0.3) is 11.1 Å². The van der Waals surface area contributed by atoms with E-state index in [0.717, 1.165) is 22.3 Å². The lowest BCUT2D eigenvalue weighted by Gasteiger charge is -2.10. The predicted octanol–water partition coefficient (Wildman–Crippen LogP) is 3.92. The van der Waals surface area contributed by atoms with E-state index in [1.54, 1.807) is 12.3 Å². The van der Waals surface area contributed by atoms with Crippen molar-refractivity contribution in [1.29, 1.82) is 5.26 Å². The Morgan fingerprint density at radius 2 is 1.97 bits per heavy atom. The third kappa shape index (κ3) is 4.96. The molecule has 0 aliphatic heterocycles. The van der Waals surface area contributed by atoms with Gasteiger partial charge < -0.3 is 15.0 Å². The van der Waals surface area contributed by atoms with Crippen molar-refractivity contribution < 1.29 is 9.53 Å². The highest BCUT2D eigenvalue weighted by Crippen LogP contribution is 2.28. The van der Waals surface area contributed by atoms with E-state index in [2.05, 4.69) is 25.5 Å². The molecular formula is C24H20N6O2. The number of aryl methyl sites for hydroxylation is 1. The number of ether oxygens (including phenoxy) is 1. The van der Waals surface area contributed by atoms with Crippen molar-refractivity contribution in [3.8, 4) is 22.9 Å². The molecule has 4 rings (SSSR count). The third-order valence-corrected chi connectivity index (χ3v) is 4.79. The molecule has 0 unspecified atom stereocenters. The molecule has 158 valence electrons. The van der Waals surface area contributed by atoms with E-state index in [0.29, 0.717) is 23.8 Å². The summed E-state index contributed by atoms with van der Waals surface area (Å²) in [6.07, 6.45) is 2.17. The van der Waals surface area contributed by atoms with Crippen LogP contribution in [-0.2, 0) is 6.42 Å². The molecule has 0 saturated carbocycles. The van der Waals surface area contributed by atoms with Crippen molar-refractivity contribution in [2.45, 2.75) is 13.3 Å². The van der Waals surface area contributed by atoms with Gasteiger partial charge in [-0.25, -0.2) is 4.98 Å². The molecule has 1 amide bonds. The Hall–Kier alpha value is -4.51. The van der Waals surface area contributed by atoms with Crippen molar-refractivity contribution in [3.05, 3.63) is 89.6 Å². The van der Waals surface area contributed by atoms with Gasteiger partial charge in [0.25, 0.3) is 5.91 Å². The van der Waals surface area contributed by atoms with Crippen LogP contribution in [0.5, 0.6) is 5.75 Å². The first kappa shape index (κ1) is 20.8. The van der Waals surface area contributed by atoms with Crippen LogP contribution in [0.2, 0.25) is 0 Å². The Kier molecular flexibility index (Phi) is 6.18. The second-order valence-corrected chi connectivity index (χ2v) is 7.09. The summed E-state index contributed by atoms with van der Waals surface area (Å²) in [6, 6.07) is 21.0. The monoisotopic (exact) mass is 424 g/mol. The second-order valence-electron chi connectivity index (χ2n) is 7.09. The minimum Gasteiger partial charge on any atom is -0.479 e. The lowest BCUT2D eigenvalue weighted by Crippen LogP contribution is -2.14. The molecule has 0 saturated heterocycles. The quantitative estimate of drug-likeness (QED) is 0.464. The molecule has 4 aromatic rings. The smallest absolute Gasteiger partial charge is 0.294 e. The summed E-state index contributed by atoms with van der Waals surface area (Å²) in [5.41, 5.74) is 3.88. The first-order chi connectivity index (χ1) is 15.6. The van der Waals surface area contributed by atoms with Gasteiger partial charge in [-0.3, -0.25) is 4.79 Å². The molecule has 2 aromatic heterocycles. The van der Waals surface area contributed by atoms with Crippen LogP contribution in [0.3, 0.4) is 0 Å². The molecular weight excluding hydrogens is 404 g/mol. The number of pyridine rings is 1. The molecule has 32 heavy (non-hydrogen) atoms. The van der Waals surface area contributed by atoms with Gasteiger partial charge in [-0.15, -0.1) is 10.2 Å². The van der Waals surface area contributed by atoms with E-state index >= 15 is 0 Å². The number of aromatic nitrogens is 4. The molecule has 8 heteroatoms. The summed E-state index contributed by atoms with van der Waals surface area (Å²) in [5, 5.41) is 19.5. The van der Waals surface area contributed by atoms with Crippen LogP contribution in [0.4, 0.5) is 5.82 Å². The van der Waals surface area contributed by atoms with Gasteiger partial charge in [-0.2, -0.15) is 5.26 Å². The highest BCUT2D eigenvalue weighted by Gasteiger charge is 2.14. The van der Waals surface area contributed by atoms with Gasteiger partial charge in [0.2, 0.25) is 5.82 Å². The van der Waals surface area contributed by atoms with Crippen molar-refractivity contribution in [2.24, 2.45) is 0 Å². The number of carbonyl (C=O) groups is 1. The van der Waals surface area contributed by atoms with E-state index in [1.807, 2.05) is 67.6 Å². The van der Waals surface area contributed by atoms with Gasteiger partial charge in [-0.05, 0) is 53.4 Å². The number of hydrogen-bond donors (Lipinski definition) is 2. The molecule has 0 aliphatic carbocycles. The number of rotatable bonds is 7. The number of benzene rings is 2. The maximum absolute atomic E-state index is 12.6. The highest BCUT2D eigenvalue weighted by atomic mass is 16.5. The highest BCUT2D eigenvalue weighted by molar-refractivity contribution is 6.01. The second kappa shape index (κ2) is 9.53. The van der Waals surface area contributed by atoms with Crippen molar-refractivity contribution >= 4 is 11.7 Å². The summed E-state index contributed by atoms with van der Waals surface area (Å²) in [5.74, 6) is 1.28. The number of carbonyl (C=O) groups excluding carboxylic acids is 1. The summed E-state index contributed by atoms with van der Waals surface area (Å²) in [7, 11) is 0. The topological polar surface area (TPSA) is 117 Å². The Labute approximate surface area is 184 Å². The minimum absolute atomic E-state index is 0.0242. The Bertz CT molecular complexity index is 1280. The van der Waals surface area contributed by atoms with Gasteiger partial charge in [-0.1, -0.05) is 36.4 Å². The largest absolute Gasteiger partial charge is 0.479 e. The maximum atomic E-state index is 12.6. The van der Waals surface area contributed by atoms with Gasteiger partial charge >= 0.3 is 0 Å². The van der Waals surface area contributed by atoms with Crippen LogP contribution in [0.1, 0.15) is 27.6 Å². The molecule has 0 fully saturated rings. The number of hydrogen-bond acceptors (Lipinski definition) is 6. The van der Waals surface area contributed by atoms with Gasteiger partial charge in [0.05, 0.1) is 0 Å². The molecule has 2 aromatic carbocycles. The maximum Gasteiger partial charge on any atom is 0.294 e. The third-order valence-electron chi connectivity index (χ3n) is 4.79. The number of H-pyrrole nitrogens is 1. The van der Waals surface area contributed by atoms with Gasteiger partial charge in [0.15, 0.2) is 6.61 Å². The Morgan fingerprint density at radius 3 is 2.78 bits per heavy atom. The van der Waals surface area contributed by atoms with Crippen molar-refractivity contribution in [3.63, 3.8) is 0 Å². The minimum atomic E-state index is -0.427. The Balaban J connectivity index is 1.49. The molecule has 8 nitrogen and oxygen atoms in total. The van der Waals surface area contributed by atoms with E-state index in [1.165, 1.54) is 0 Å². The SMILES string of the molecule is Cc1ccc(OCC#N)cc1-c1ccnc(NC(=O)c2nnc(Cc3ccccc3)[nH]2)c1. The number of nitrogens with zero attached hydrogens (tertiary/aromatic N) is 4. The van der Waals surface area contributed by atoms with E-state index in [4.69, 9.17) is 10.00 Å². The summed E-state index contributed by atoms with van der Waals surface area (Å²) >= 11 is 0. The van der Waals surface area contributed by atoms with E-state index in [-0.39, 0.29) is 12.4 Å². The zero-order valence-electron chi connectivity index (χ0n) is 17.4. The van der Waals surface area contributed by atoms with Crippen LogP contribution in [-0.4, -0.2) is 32.7 Å². The average molecular weight is 424 g/mol. The number of aromatic amines is 1. The summed E-state index contributed by atoms with van der Waals surface area (Å²) < 4.78 is 5.40. The molecule has 2 heterocycles. The van der Waals surface area contributed by atoms with Crippen LogP contribution in [0, 0.1) is 18.3 Å². The molecule has 0 bridgehead atoms. The summed E-state index contributed by atoms with van der Waals surface area (Å²) in [4.78, 5) is 19.8. The molecule has 2 N–H and O–H groups in total. The average Bonchev–Trinajstić information content (AvgIpc) is 3.28. The van der Waals surface area contributed by atoms with Crippen LogP contribution < -0.4 is 10.1 Å². The van der Waals surface area contributed by atoms with Crippen molar-refractivity contribution in [2.75, 3.05) is 11.9 Å². The molecule has 0 radical (unpaired) electrons. The lowest BCUT2D eigenvalue weighted by atomic mass is 10.0. The fraction of sp³-hybridized carbons (Fsp3) is 0.125. The van der Waals surface area contributed by atoms with Crippen molar-refractivity contribution in [1.82, 2.24) is 20.2 Å². The summed E-state index contributed by atoms with van der Waals surface area (Å²) in [6.45, 7) is 1.95. The standard InChI is InChI=1S/C24H20N6O2/c1-16-7-8-19(32-12-10-25)15-20(16)18-9-11-26-21(14-18)28-24(31)23-27-22(29-30-23)13-17-5-3-2-4-6-17/h2-9,11,14-15H,12-13H2,1H3,(H,26,28,31)(H,27,29,30). The first-order valence-corrected chi connectivity index (χ1v) is 9.96. The van der Waals surface area contributed by atoms with Crippen LogP contribution >= 0.6 is 0 Å². The van der Waals surface area contributed by atoms with E-state index < -0.39 is 5.91 Å². The van der Waals surface area contributed by atoms with Gasteiger partial charge in [0, 0.05) is 12.6 Å². The zero-order valence-corrected chi connectivity index (χ0v) is 17.4. The molecule has 0 spiro atoms. The predicted molar refractivity (Wildman–Crippen MR) is 119 cm³/mol. The fourth-order valence-electron chi connectivity index (χ4n) is 3.23. The van der Waals surface area contributed by atoms with Crippen LogP contribution in [0.15, 0.2) is 66.9 Å². The number of anilines is 1. The fourth-order valence-corrected chi connectivity index (χ4v) is 3.23. The lowest BCUT2D eigenvalue weighted by molar-refractivity contribution is 0.101. The Morgan fingerprint density at radius 1 is 1.12 bits per heavy atom. The van der Waals surface area contributed by atoms with Gasteiger partial charge in [0.1, 0.15) is 23.5 Å². The number of nitriles is 1. The molecule has 0 aliphatic rings.